The summed E-state index contributed by atoms with van der Waals surface area (Å²) in [5, 5.41) is 13.2. The molecule has 0 radical (unpaired) electrons. The van der Waals surface area contributed by atoms with E-state index in [0.29, 0.717) is 5.69 Å². The molecule has 1 N–H and O–H groups in total. The highest BCUT2D eigenvalue weighted by molar-refractivity contribution is 5.96. The number of aromatic nitrogens is 1. The molecule has 1 heterocycles. The standard InChI is InChI=1S/C14H13N3O5/c1-16-8-4-7-12(16)14(19)22-9-13(18)15-10-5-2-3-6-11(10)17(20)21/h2-8H,9H2,1H3,(H,15,18). The lowest BCUT2D eigenvalue weighted by Gasteiger charge is -2.07. The molecule has 0 saturated carbocycles. The summed E-state index contributed by atoms with van der Waals surface area (Å²) in [5.41, 5.74) is 0.121. The Morgan fingerprint density at radius 3 is 2.64 bits per heavy atom. The molecule has 1 aromatic heterocycles. The van der Waals surface area contributed by atoms with Crippen LogP contribution < -0.4 is 5.32 Å². The van der Waals surface area contributed by atoms with E-state index in [1.54, 1.807) is 36.0 Å². The molecule has 0 unspecified atom stereocenters. The molecule has 0 aliphatic carbocycles. The van der Waals surface area contributed by atoms with Crippen LogP contribution in [0.4, 0.5) is 11.4 Å². The highest BCUT2D eigenvalue weighted by atomic mass is 16.6. The number of hydrogen-bond donors (Lipinski definition) is 1. The van der Waals surface area contributed by atoms with Crippen LogP contribution in [0, 0.1) is 10.1 Å². The van der Waals surface area contributed by atoms with Gasteiger partial charge in [0.1, 0.15) is 11.4 Å². The monoisotopic (exact) mass is 303 g/mol. The number of carbonyl (C=O) groups is 2. The van der Waals surface area contributed by atoms with E-state index < -0.39 is 23.4 Å². The number of rotatable bonds is 5. The van der Waals surface area contributed by atoms with Gasteiger partial charge in [-0.1, -0.05) is 12.1 Å². The van der Waals surface area contributed by atoms with Crippen molar-refractivity contribution >= 4 is 23.3 Å². The first kappa shape index (κ1) is 15.2. The molecular weight excluding hydrogens is 290 g/mol. The Bertz CT molecular complexity index is 723. The van der Waals surface area contributed by atoms with Crippen molar-refractivity contribution in [3.63, 3.8) is 0 Å². The van der Waals surface area contributed by atoms with E-state index in [-0.39, 0.29) is 11.4 Å². The summed E-state index contributed by atoms with van der Waals surface area (Å²) in [5.74, 6) is -1.30. The zero-order valence-electron chi connectivity index (χ0n) is 11.7. The van der Waals surface area contributed by atoms with E-state index >= 15 is 0 Å². The third-order valence-electron chi connectivity index (χ3n) is 2.86. The van der Waals surface area contributed by atoms with Crippen molar-refractivity contribution in [2.24, 2.45) is 7.05 Å². The van der Waals surface area contributed by atoms with Crippen molar-refractivity contribution in [2.45, 2.75) is 0 Å². The fraction of sp³-hybridized carbons (Fsp3) is 0.143. The summed E-state index contributed by atoms with van der Waals surface area (Å²) in [7, 11) is 1.67. The van der Waals surface area contributed by atoms with Gasteiger partial charge in [0.2, 0.25) is 0 Å². The molecule has 0 bridgehead atoms. The number of amides is 1. The number of carbonyl (C=O) groups excluding carboxylic acids is 2. The van der Waals surface area contributed by atoms with Gasteiger partial charge in [-0.15, -0.1) is 0 Å². The van der Waals surface area contributed by atoms with E-state index in [9.17, 15) is 19.7 Å². The largest absolute Gasteiger partial charge is 0.451 e. The van der Waals surface area contributed by atoms with Gasteiger partial charge in [0.15, 0.2) is 6.61 Å². The Kier molecular flexibility index (Phi) is 4.52. The molecule has 0 spiro atoms. The second kappa shape index (κ2) is 6.53. The lowest BCUT2D eigenvalue weighted by Crippen LogP contribution is -2.22. The van der Waals surface area contributed by atoms with Crippen molar-refractivity contribution in [1.82, 2.24) is 4.57 Å². The molecule has 0 saturated heterocycles. The van der Waals surface area contributed by atoms with Gasteiger partial charge in [0, 0.05) is 19.3 Å². The topological polar surface area (TPSA) is 103 Å². The number of anilines is 1. The minimum atomic E-state index is -0.656. The fourth-order valence-corrected chi connectivity index (χ4v) is 1.80. The quantitative estimate of drug-likeness (QED) is 0.514. The Labute approximate surface area is 125 Å². The summed E-state index contributed by atoms with van der Waals surface area (Å²) in [6.07, 6.45) is 1.67. The van der Waals surface area contributed by atoms with Gasteiger partial charge in [-0.3, -0.25) is 14.9 Å². The molecule has 2 rings (SSSR count). The number of ether oxygens (including phenoxy) is 1. The maximum Gasteiger partial charge on any atom is 0.355 e. The number of para-hydroxylation sites is 2. The van der Waals surface area contributed by atoms with Crippen LogP contribution in [0.3, 0.4) is 0 Å². The molecule has 2 aromatic rings. The van der Waals surface area contributed by atoms with Gasteiger partial charge in [-0.2, -0.15) is 0 Å². The van der Waals surface area contributed by atoms with Crippen LogP contribution in [0.15, 0.2) is 42.6 Å². The smallest absolute Gasteiger partial charge is 0.355 e. The van der Waals surface area contributed by atoms with Gasteiger partial charge in [-0.05, 0) is 18.2 Å². The summed E-state index contributed by atoms with van der Waals surface area (Å²) in [6.45, 7) is -0.532. The lowest BCUT2D eigenvalue weighted by molar-refractivity contribution is -0.383. The normalized spacial score (nSPS) is 10.0. The summed E-state index contributed by atoms with van der Waals surface area (Å²) < 4.78 is 6.42. The SMILES string of the molecule is Cn1cccc1C(=O)OCC(=O)Nc1ccccc1[N+](=O)[O-]. The zero-order valence-corrected chi connectivity index (χ0v) is 11.7. The molecule has 22 heavy (non-hydrogen) atoms. The van der Waals surface area contributed by atoms with Crippen LogP contribution >= 0.6 is 0 Å². The predicted molar refractivity (Wildman–Crippen MR) is 77.4 cm³/mol. The minimum absolute atomic E-state index is 0.0485. The van der Waals surface area contributed by atoms with Crippen molar-refractivity contribution in [2.75, 3.05) is 11.9 Å². The Morgan fingerprint density at radius 2 is 2.00 bits per heavy atom. The van der Waals surface area contributed by atoms with Crippen LogP contribution in [0.2, 0.25) is 0 Å². The van der Waals surface area contributed by atoms with Crippen molar-refractivity contribution in [1.29, 1.82) is 0 Å². The number of nitrogens with zero attached hydrogens (tertiary/aromatic N) is 2. The number of benzene rings is 1. The first-order valence-corrected chi connectivity index (χ1v) is 6.31. The first-order valence-electron chi connectivity index (χ1n) is 6.31. The van der Waals surface area contributed by atoms with E-state index in [1.165, 1.54) is 18.2 Å². The Balaban J connectivity index is 1.95. The number of nitro benzene ring substituents is 1. The van der Waals surface area contributed by atoms with Crippen molar-refractivity contribution in [3.8, 4) is 0 Å². The summed E-state index contributed by atoms with van der Waals surface area (Å²) in [4.78, 5) is 33.7. The molecule has 8 nitrogen and oxygen atoms in total. The second-order valence-electron chi connectivity index (χ2n) is 4.40. The number of nitro groups is 1. The Morgan fingerprint density at radius 1 is 1.27 bits per heavy atom. The molecule has 1 aromatic carbocycles. The molecule has 0 aliphatic heterocycles. The van der Waals surface area contributed by atoms with Crippen molar-refractivity contribution in [3.05, 3.63) is 58.4 Å². The number of nitrogens with one attached hydrogen (secondary N) is 1. The minimum Gasteiger partial charge on any atom is -0.451 e. The van der Waals surface area contributed by atoms with Crippen LogP contribution in [0.25, 0.3) is 0 Å². The lowest BCUT2D eigenvalue weighted by atomic mass is 10.2. The molecule has 0 atom stereocenters. The average molecular weight is 303 g/mol. The molecule has 1 amide bonds. The zero-order chi connectivity index (χ0) is 16.1. The third-order valence-corrected chi connectivity index (χ3v) is 2.86. The predicted octanol–water partition coefficient (Wildman–Crippen LogP) is 1.73. The molecule has 114 valence electrons. The van der Waals surface area contributed by atoms with Gasteiger partial charge >= 0.3 is 5.97 Å². The van der Waals surface area contributed by atoms with Crippen molar-refractivity contribution < 1.29 is 19.2 Å². The average Bonchev–Trinajstić information content (AvgIpc) is 2.91. The van der Waals surface area contributed by atoms with E-state index in [4.69, 9.17) is 4.74 Å². The van der Waals surface area contributed by atoms with Gasteiger partial charge in [0.25, 0.3) is 11.6 Å². The van der Waals surface area contributed by atoms with Crippen LogP contribution in [0.1, 0.15) is 10.5 Å². The summed E-state index contributed by atoms with van der Waals surface area (Å²) >= 11 is 0. The number of aryl methyl sites for hydroxylation is 1. The number of hydrogen-bond acceptors (Lipinski definition) is 5. The molecule has 0 fully saturated rings. The second-order valence-corrected chi connectivity index (χ2v) is 4.40. The fourth-order valence-electron chi connectivity index (χ4n) is 1.80. The maximum atomic E-state index is 11.7. The van der Waals surface area contributed by atoms with Gasteiger partial charge in [-0.25, -0.2) is 4.79 Å². The Hall–Kier alpha value is -3.16. The van der Waals surface area contributed by atoms with E-state index in [1.807, 2.05) is 0 Å². The summed E-state index contributed by atoms with van der Waals surface area (Å²) in [6, 6.07) is 8.94. The van der Waals surface area contributed by atoms with Crippen LogP contribution in [-0.4, -0.2) is 28.0 Å². The van der Waals surface area contributed by atoms with Gasteiger partial charge in [0.05, 0.1) is 4.92 Å². The van der Waals surface area contributed by atoms with E-state index in [0.717, 1.165) is 0 Å². The molecular formula is C14H13N3O5. The van der Waals surface area contributed by atoms with Crippen LogP contribution in [0.5, 0.6) is 0 Å². The third kappa shape index (κ3) is 3.48. The first-order chi connectivity index (χ1) is 10.5. The molecule has 8 heteroatoms. The van der Waals surface area contributed by atoms with E-state index in [2.05, 4.69) is 5.32 Å². The van der Waals surface area contributed by atoms with Gasteiger partial charge < -0.3 is 14.6 Å². The number of esters is 1. The maximum absolute atomic E-state index is 11.7. The van der Waals surface area contributed by atoms with Crippen LogP contribution in [-0.2, 0) is 16.6 Å². The highest BCUT2D eigenvalue weighted by Crippen LogP contribution is 2.22. The highest BCUT2D eigenvalue weighted by Gasteiger charge is 2.16. The molecule has 0 aliphatic rings.